The van der Waals surface area contributed by atoms with E-state index in [9.17, 15) is 18.0 Å². The molecule has 1 fully saturated rings. The Morgan fingerprint density at radius 2 is 1.74 bits per heavy atom. The van der Waals surface area contributed by atoms with Crippen LogP contribution in [0.2, 0.25) is 0 Å². The average Bonchev–Trinajstić information content (AvgIpc) is 2.35. The van der Waals surface area contributed by atoms with Crippen LogP contribution in [0.4, 0.5) is 0 Å². The van der Waals surface area contributed by atoms with Crippen molar-refractivity contribution in [1.29, 1.82) is 5.26 Å². The summed E-state index contributed by atoms with van der Waals surface area (Å²) in [6, 6.07) is 1.66. The monoisotopic (exact) mass is 288 g/mol. The highest BCUT2D eigenvalue weighted by atomic mass is 32.2. The fourth-order valence-electron chi connectivity index (χ4n) is 1.79. The molecule has 0 atom stereocenters. The molecule has 0 saturated carbocycles. The highest BCUT2D eigenvalue weighted by Gasteiger charge is 2.34. The summed E-state index contributed by atoms with van der Waals surface area (Å²) in [6.45, 7) is 2.82. The van der Waals surface area contributed by atoms with Crippen molar-refractivity contribution < 1.29 is 18.0 Å². The van der Waals surface area contributed by atoms with Gasteiger partial charge in [0, 0.05) is 40.0 Å². The lowest BCUT2D eigenvalue weighted by Crippen LogP contribution is -2.54. The molecule has 1 heterocycles. The van der Waals surface area contributed by atoms with Crippen molar-refractivity contribution in [3.63, 3.8) is 0 Å². The molecule has 9 heteroatoms. The number of carbonyl (C=O) groups excluding carboxylic acids is 2. The molecule has 106 valence electrons. The van der Waals surface area contributed by atoms with Crippen molar-refractivity contribution in [2.75, 3.05) is 32.7 Å². The second-order valence-corrected chi connectivity index (χ2v) is 5.95. The molecule has 0 aliphatic carbocycles. The number of piperazine rings is 1. The molecule has 8 nitrogen and oxygen atoms in total. The molecule has 2 amide bonds. The van der Waals surface area contributed by atoms with Gasteiger partial charge in [0.25, 0.3) is 0 Å². The van der Waals surface area contributed by atoms with Crippen molar-refractivity contribution in [1.82, 2.24) is 13.5 Å². The lowest BCUT2D eigenvalue weighted by molar-refractivity contribution is -0.130. The second kappa shape index (κ2) is 5.99. The zero-order valence-electron chi connectivity index (χ0n) is 10.9. The van der Waals surface area contributed by atoms with E-state index in [1.54, 1.807) is 6.07 Å². The number of nitrogens with zero attached hydrogens (tertiary/aromatic N) is 4. The minimum atomic E-state index is -3.98. The number of rotatable bonds is 3. The summed E-state index contributed by atoms with van der Waals surface area (Å²) >= 11 is 0. The van der Waals surface area contributed by atoms with Gasteiger partial charge in [-0.25, -0.2) is 4.31 Å². The first kappa shape index (κ1) is 15.4. The Balaban J connectivity index is 2.82. The summed E-state index contributed by atoms with van der Waals surface area (Å²) in [6.07, 6.45) is 0. The van der Waals surface area contributed by atoms with E-state index in [-0.39, 0.29) is 32.1 Å². The number of nitriles is 1. The van der Waals surface area contributed by atoms with Crippen molar-refractivity contribution in [3.8, 4) is 6.07 Å². The lowest BCUT2D eigenvalue weighted by Gasteiger charge is -2.35. The summed E-state index contributed by atoms with van der Waals surface area (Å²) in [5.41, 5.74) is 0. The molecule has 1 aliphatic heterocycles. The van der Waals surface area contributed by atoms with E-state index in [2.05, 4.69) is 0 Å². The third-order valence-electron chi connectivity index (χ3n) is 2.85. The van der Waals surface area contributed by atoms with E-state index < -0.39 is 22.7 Å². The summed E-state index contributed by atoms with van der Waals surface area (Å²) in [5.74, 6) is -0.812. The summed E-state index contributed by atoms with van der Waals surface area (Å²) in [4.78, 5) is 24.0. The smallest absolute Gasteiger partial charge is 0.307 e. The second-order valence-electron chi connectivity index (χ2n) is 4.10. The van der Waals surface area contributed by atoms with Gasteiger partial charge < -0.3 is 4.90 Å². The maximum absolute atomic E-state index is 12.2. The van der Waals surface area contributed by atoms with Gasteiger partial charge in [0.15, 0.2) is 0 Å². The Labute approximate surface area is 112 Å². The van der Waals surface area contributed by atoms with E-state index in [0.717, 1.165) is 11.2 Å². The van der Waals surface area contributed by atoms with Crippen LogP contribution in [0.1, 0.15) is 13.8 Å². The van der Waals surface area contributed by atoms with E-state index >= 15 is 0 Å². The van der Waals surface area contributed by atoms with Crippen LogP contribution in [0.25, 0.3) is 0 Å². The topological polar surface area (TPSA) is 102 Å². The molecule has 0 aromatic carbocycles. The van der Waals surface area contributed by atoms with Crippen LogP contribution in [0.5, 0.6) is 0 Å². The standard InChI is InChI=1S/C10H16N4O4S/c1-9(15)12-5-7-13(8-6-12)19(17,18)14(4-3-11)10(2)16/h4-8H2,1-2H3. The number of carbonyl (C=O) groups is 2. The Bertz CT molecular complexity index is 502. The third kappa shape index (κ3) is 3.42. The van der Waals surface area contributed by atoms with E-state index in [1.807, 2.05) is 0 Å². The predicted molar refractivity (Wildman–Crippen MR) is 65.7 cm³/mol. The molecule has 0 spiro atoms. The third-order valence-corrected chi connectivity index (χ3v) is 4.82. The van der Waals surface area contributed by atoms with Gasteiger partial charge in [-0.05, 0) is 0 Å². The first-order valence-electron chi connectivity index (χ1n) is 5.71. The van der Waals surface area contributed by atoms with Crippen molar-refractivity contribution in [3.05, 3.63) is 0 Å². The molecule has 0 unspecified atom stereocenters. The van der Waals surface area contributed by atoms with Gasteiger partial charge >= 0.3 is 10.2 Å². The zero-order valence-corrected chi connectivity index (χ0v) is 11.7. The fraction of sp³-hybridized carbons (Fsp3) is 0.700. The van der Waals surface area contributed by atoms with Gasteiger partial charge in [-0.1, -0.05) is 0 Å². The summed E-state index contributed by atoms with van der Waals surface area (Å²) < 4.78 is 26.0. The van der Waals surface area contributed by atoms with Crippen LogP contribution in [0.15, 0.2) is 0 Å². The average molecular weight is 288 g/mol. The molecule has 19 heavy (non-hydrogen) atoms. The molecule has 1 aliphatic rings. The predicted octanol–water partition coefficient (Wildman–Crippen LogP) is -1.23. The largest absolute Gasteiger partial charge is 0.340 e. The minimum absolute atomic E-state index is 0.113. The van der Waals surface area contributed by atoms with E-state index in [0.29, 0.717) is 4.31 Å². The number of amides is 2. The molecule has 0 radical (unpaired) electrons. The highest BCUT2D eigenvalue weighted by Crippen LogP contribution is 2.12. The van der Waals surface area contributed by atoms with Crippen LogP contribution in [0.3, 0.4) is 0 Å². The van der Waals surface area contributed by atoms with E-state index in [1.165, 1.54) is 11.8 Å². The molecular formula is C10H16N4O4S. The van der Waals surface area contributed by atoms with Crippen molar-refractivity contribution in [2.24, 2.45) is 0 Å². The molecular weight excluding hydrogens is 272 g/mol. The van der Waals surface area contributed by atoms with Gasteiger partial charge in [-0.3, -0.25) is 9.59 Å². The van der Waals surface area contributed by atoms with Crippen LogP contribution in [-0.4, -0.2) is 66.5 Å². The van der Waals surface area contributed by atoms with Gasteiger partial charge in [-0.2, -0.15) is 18.0 Å². The normalized spacial score (nSPS) is 16.8. The fourth-order valence-corrected chi connectivity index (χ4v) is 3.24. The number of hydrogen-bond acceptors (Lipinski definition) is 5. The Hall–Kier alpha value is -1.66. The Morgan fingerprint density at radius 1 is 1.21 bits per heavy atom. The Kier molecular flexibility index (Phi) is 4.85. The molecule has 1 saturated heterocycles. The summed E-state index contributed by atoms with van der Waals surface area (Å²) in [7, 11) is -3.98. The Morgan fingerprint density at radius 3 is 2.11 bits per heavy atom. The van der Waals surface area contributed by atoms with Crippen molar-refractivity contribution >= 4 is 22.0 Å². The molecule has 1 rings (SSSR count). The van der Waals surface area contributed by atoms with Crippen LogP contribution < -0.4 is 0 Å². The summed E-state index contributed by atoms with van der Waals surface area (Å²) in [5, 5.41) is 8.58. The first-order valence-corrected chi connectivity index (χ1v) is 7.11. The molecule has 0 N–H and O–H groups in total. The van der Waals surface area contributed by atoms with Gasteiger partial charge in [0.2, 0.25) is 11.8 Å². The maximum atomic E-state index is 12.2. The van der Waals surface area contributed by atoms with Crippen molar-refractivity contribution in [2.45, 2.75) is 13.8 Å². The number of hydrogen-bond donors (Lipinski definition) is 0. The molecule has 0 bridgehead atoms. The van der Waals surface area contributed by atoms with Crippen LogP contribution in [0, 0.1) is 11.3 Å². The zero-order chi connectivity index (χ0) is 14.6. The maximum Gasteiger partial charge on any atom is 0.307 e. The van der Waals surface area contributed by atoms with Gasteiger partial charge in [0.1, 0.15) is 6.54 Å². The van der Waals surface area contributed by atoms with Gasteiger partial charge in [0.05, 0.1) is 6.07 Å². The van der Waals surface area contributed by atoms with E-state index in [4.69, 9.17) is 5.26 Å². The minimum Gasteiger partial charge on any atom is -0.340 e. The first-order chi connectivity index (χ1) is 8.80. The van der Waals surface area contributed by atoms with Crippen LogP contribution in [-0.2, 0) is 19.8 Å². The molecule has 0 aromatic rings. The molecule has 0 aromatic heterocycles. The highest BCUT2D eigenvalue weighted by molar-refractivity contribution is 7.87. The SMILES string of the molecule is CC(=O)N1CCN(S(=O)(=O)N(CC#N)C(C)=O)CC1. The van der Waals surface area contributed by atoms with Gasteiger partial charge in [-0.15, -0.1) is 0 Å². The lowest BCUT2D eigenvalue weighted by atomic mass is 10.3. The van der Waals surface area contributed by atoms with Crippen LogP contribution >= 0.6 is 0 Å². The quantitative estimate of drug-likeness (QED) is 0.605.